The molecule has 150 valence electrons. The van der Waals surface area contributed by atoms with Crippen LogP contribution in [0.25, 0.3) is 10.2 Å². The number of fused-ring (bicyclic) bond motifs is 1. The molecule has 1 aliphatic carbocycles. The van der Waals surface area contributed by atoms with Gasteiger partial charge in [0, 0.05) is 15.8 Å². The zero-order valence-corrected chi connectivity index (χ0v) is 19.7. The number of rotatable bonds is 6. The predicted molar refractivity (Wildman–Crippen MR) is 132 cm³/mol. The zero-order chi connectivity index (χ0) is 20.1. The highest BCUT2D eigenvalue weighted by Gasteiger charge is 2.16. The average molecular weight is 535 g/mol. The molecule has 1 heterocycles. The van der Waals surface area contributed by atoms with E-state index >= 15 is 0 Å². The number of aromatic nitrogens is 1. The van der Waals surface area contributed by atoms with E-state index in [1.165, 1.54) is 34.6 Å². The first kappa shape index (κ1) is 20.8. The number of hydrogen-bond acceptors (Lipinski definition) is 5. The van der Waals surface area contributed by atoms with Crippen molar-refractivity contribution in [2.45, 2.75) is 42.5 Å². The van der Waals surface area contributed by atoms with Crippen molar-refractivity contribution in [3.05, 3.63) is 51.6 Å². The fourth-order valence-electron chi connectivity index (χ4n) is 3.38. The van der Waals surface area contributed by atoms with E-state index in [4.69, 9.17) is 0 Å². The molecule has 0 aliphatic heterocycles. The van der Waals surface area contributed by atoms with Crippen molar-refractivity contribution in [1.82, 2.24) is 10.3 Å². The highest BCUT2D eigenvalue weighted by Crippen LogP contribution is 2.32. The van der Waals surface area contributed by atoms with Crippen LogP contribution >= 0.6 is 45.7 Å². The van der Waals surface area contributed by atoms with Crippen molar-refractivity contribution >= 4 is 73.7 Å². The Kier molecular flexibility index (Phi) is 7.20. The largest absolute Gasteiger partial charge is 0.353 e. The molecular formula is C22H22IN3OS2. The summed E-state index contributed by atoms with van der Waals surface area (Å²) in [6.07, 6.45) is 7.86. The van der Waals surface area contributed by atoms with E-state index in [1.54, 1.807) is 11.3 Å². The summed E-state index contributed by atoms with van der Waals surface area (Å²) >= 11 is 5.43. The number of nitrogens with zero attached hydrogens (tertiary/aromatic N) is 2. The second-order valence-corrected chi connectivity index (χ2v) is 10.6. The van der Waals surface area contributed by atoms with E-state index in [9.17, 15) is 4.79 Å². The quantitative estimate of drug-likeness (QED) is 0.233. The lowest BCUT2D eigenvalue weighted by atomic mass is 9.95. The Hall–Kier alpha value is -1.45. The topological polar surface area (TPSA) is 54.4 Å². The minimum atomic E-state index is 0.115. The van der Waals surface area contributed by atoms with Crippen LogP contribution in [0.3, 0.4) is 0 Å². The van der Waals surface area contributed by atoms with Gasteiger partial charge in [-0.3, -0.25) is 9.79 Å². The first-order valence-corrected chi connectivity index (χ1v) is 12.7. The Morgan fingerprint density at radius 3 is 2.79 bits per heavy atom. The van der Waals surface area contributed by atoms with Crippen molar-refractivity contribution in [3.8, 4) is 0 Å². The second kappa shape index (κ2) is 10.0. The van der Waals surface area contributed by atoms with Gasteiger partial charge in [-0.15, -0.1) is 11.3 Å². The molecule has 1 saturated carbocycles. The molecule has 0 bridgehead atoms. The van der Waals surface area contributed by atoms with Gasteiger partial charge < -0.3 is 5.32 Å². The monoisotopic (exact) mass is 535 g/mol. The van der Waals surface area contributed by atoms with Gasteiger partial charge in [-0.25, -0.2) is 4.98 Å². The summed E-state index contributed by atoms with van der Waals surface area (Å²) in [5.74, 6) is 0.540. The molecular weight excluding hydrogens is 513 g/mol. The van der Waals surface area contributed by atoms with Crippen LogP contribution in [0.2, 0.25) is 0 Å². The summed E-state index contributed by atoms with van der Waals surface area (Å²) in [4.78, 5) is 21.5. The third-order valence-electron chi connectivity index (χ3n) is 4.88. The number of hydrogen-bond donors (Lipinski definition) is 1. The number of thiazole rings is 1. The van der Waals surface area contributed by atoms with Gasteiger partial charge in [0.1, 0.15) is 0 Å². The highest BCUT2D eigenvalue weighted by molar-refractivity contribution is 14.1. The lowest BCUT2D eigenvalue weighted by Crippen LogP contribution is -2.37. The highest BCUT2D eigenvalue weighted by atomic mass is 127. The standard InChI is InChI=1S/C22H22IN3OS2/c23-16-8-6-15(7-9-16)13-24-18-10-11-19-20(12-18)29-22(26-19)28-14-21(27)25-17-4-2-1-3-5-17/h6-13,17H,1-5,14H2,(H,25,27). The van der Waals surface area contributed by atoms with Crippen LogP contribution in [-0.4, -0.2) is 28.9 Å². The molecule has 1 aliphatic rings. The summed E-state index contributed by atoms with van der Waals surface area (Å²) in [7, 11) is 0. The molecule has 3 aromatic rings. The third kappa shape index (κ3) is 6.02. The normalized spacial score (nSPS) is 15.2. The number of thioether (sulfide) groups is 1. The predicted octanol–water partition coefficient (Wildman–Crippen LogP) is 6.19. The summed E-state index contributed by atoms with van der Waals surface area (Å²) in [6, 6.07) is 14.7. The van der Waals surface area contributed by atoms with Crippen LogP contribution in [0.1, 0.15) is 37.7 Å². The average Bonchev–Trinajstić information content (AvgIpc) is 3.15. The number of amides is 1. The van der Waals surface area contributed by atoms with Crippen LogP contribution in [0.15, 0.2) is 51.8 Å². The van der Waals surface area contributed by atoms with Gasteiger partial charge in [-0.1, -0.05) is 43.2 Å². The molecule has 0 spiro atoms. The van der Waals surface area contributed by atoms with Gasteiger partial charge in [0.15, 0.2) is 4.34 Å². The molecule has 1 fully saturated rings. The molecule has 0 saturated heterocycles. The molecule has 0 atom stereocenters. The fraction of sp³-hybridized carbons (Fsp3) is 0.318. The molecule has 0 radical (unpaired) electrons. The summed E-state index contributed by atoms with van der Waals surface area (Å²) < 4.78 is 3.23. The van der Waals surface area contributed by atoms with Crippen molar-refractivity contribution in [1.29, 1.82) is 0 Å². The van der Waals surface area contributed by atoms with E-state index < -0.39 is 0 Å². The smallest absolute Gasteiger partial charge is 0.230 e. The summed E-state index contributed by atoms with van der Waals surface area (Å²) in [6.45, 7) is 0. The number of carbonyl (C=O) groups is 1. The van der Waals surface area contributed by atoms with Crippen LogP contribution in [-0.2, 0) is 4.79 Å². The van der Waals surface area contributed by atoms with Crippen LogP contribution in [0, 0.1) is 3.57 Å². The lowest BCUT2D eigenvalue weighted by Gasteiger charge is -2.22. The Morgan fingerprint density at radius 2 is 2.00 bits per heavy atom. The number of carbonyl (C=O) groups excluding carboxylic acids is 1. The third-order valence-corrected chi connectivity index (χ3v) is 7.76. The number of nitrogens with one attached hydrogen (secondary N) is 1. The fourth-order valence-corrected chi connectivity index (χ4v) is 5.65. The van der Waals surface area contributed by atoms with E-state index in [0.717, 1.165) is 38.6 Å². The molecule has 29 heavy (non-hydrogen) atoms. The molecule has 2 aromatic carbocycles. The van der Waals surface area contributed by atoms with Gasteiger partial charge >= 0.3 is 0 Å². The number of aliphatic imine (C=N–C) groups is 1. The zero-order valence-electron chi connectivity index (χ0n) is 15.9. The summed E-state index contributed by atoms with van der Waals surface area (Å²) in [5.41, 5.74) is 2.94. The second-order valence-electron chi connectivity index (χ2n) is 7.13. The van der Waals surface area contributed by atoms with Crippen molar-refractivity contribution < 1.29 is 4.79 Å². The Labute approximate surface area is 192 Å². The Morgan fingerprint density at radius 1 is 1.21 bits per heavy atom. The molecule has 1 N–H and O–H groups in total. The van der Waals surface area contributed by atoms with Gasteiger partial charge in [-0.05, 0) is 71.3 Å². The molecule has 0 unspecified atom stereocenters. The van der Waals surface area contributed by atoms with Crippen molar-refractivity contribution in [3.63, 3.8) is 0 Å². The summed E-state index contributed by atoms with van der Waals surface area (Å²) in [5, 5.41) is 3.17. The maximum Gasteiger partial charge on any atom is 0.230 e. The SMILES string of the molecule is O=C(CSc1nc2ccc(N=Cc3ccc(I)cc3)cc2s1)NC1CCCCC1. The van der Waals surface area contributed by atoms with Crippen LogP contribution in [0.5, 0.6) is 0 Å². The molecule has 4 rings (SSSR count). The lowest BCUT2D eigenvalue weighted by molar-refractivity contribution is -0.119. The van der Waals surface area contributed by atoms with Gasteiger partial charge in [0.2, 0.25) is 5.91 Å². The molecule has 1 amide bonds. The Bertz CT molecular complexity index is 1010. The van der Waals surface area contributed by atoms with Gasteiger partial charge in [0.25, 0.3) is 0 Å². The first-order chi connectivity index (χ1) is 14.2. The van der Waals surface area contributed by atoms with E-state index in [1.807, 2.05) is 18.3 Å². The van der Waals surface area contributed by atoms with Crippen molar-refractivity contribution in [2.75, 3.05) is 5.75 Å². The van der Waals surface area contributed by atoms with Crippen LogP contribution < -0.4 is 5.32 Å². The number of halogens is 1. The van der Waals surface area contributed by atoms with Gasteiger partial charge in [-0.2, -0.15) is 0 Å². The minimum Gasteiger partial charge on any atom is -0.353 e. The molecule has 7 heteroatoms. The van der Waals surface area contributed by atoms with Crippen molar-refractivity contribution in [2.24, 2.45) is 4.99 Å². The first-order valence-electron chi connectivity index (χ1n) is 9.78. The van der Waals surface area contributed by atoms with Crippen LogP contribution in [0.4, 0.5) is 5.69 Å². The maximum atomic E-state index is 12.2. The Balaban J connectivity index is 1.36. The van der Waals surface area contributed by atoms with E-state index in [0.29, 0.717) is 11.8 Å². The molecule has 1 aromatic heterocycles. The maximum absolute atomic E-state index is 12.2. The van der Waals surface area contributed by atoms with E-state index in [-0.39, 0.29) is 5.91 Å². The van der Waals surface area contributed by atoms with E-state index in [2.05, 4.69) is 68.2 Å². The number of benzene rings is 2. The molecule has 4 nitrogen and oxygen atoms in total. The van der Waals surface area contributed by atoms with Gasteiger partial charge in [0.05, 0.1) is 21.7 Å². The minimum absolute atomic E-state index is 0.115.